The van der Waals surface area contributed by atoms with Crippen molar-refractivity contribution in [1.82, 2.24) is 20.4 Å². The molecule has 0 spiro atoms. The molecule has 7 nitrogen and oxygen atoms in total. The van der Waals surface area contributed by atoms with E-state index in [0.717, 1.165) is 75.9 Å². The number of guanidine groups is 1. The van der Waals surface area contributed by atoms with Gasteiger partial charge in [-0.15, -0.1) is 24.0 Å². The van der Waals surface area contributed by atoms with Crippen LogP contribution < -0.4 is 15.5 Å². The van der Waals surface area contributed by atoms with E-state index < -0.39 is 0 Å². The summed E-state index contributed by atoms with van der Waals surface area (Å²) in [5.41, 5.74) is 1.79. The van der Waals surface area contributed by atoms with Crippen LogP contribution in [0.3, 0.4) is 0 Å². The summed E-state index contributed by atoms with van der Waals surface area (Å²) in [4.78, 5) is 12.0. The third kappa shape index (κ3) is 6.72. The number of piperidine rings is 1. The van der Waals surface area contributed by atoms with Gasteiger partial charge in [0, 0.05) is 51.4 Å². The maximum atomic E-state index is 9.44. The first kappa shape index (κ1) is 24.7. The molecule has 0 bridgehead atoms. The Kier molecular flexibility index (Phi) is 10.1. The molecule has 0 radical (unpaired) electrons. The highest BCUT2D eigenvalue weighted by Gasteiger charge is 2.24. The summed E-state index contributed by atoms with van der Waals surface area (Å²) in [6.45, 7) is 8.89. The van der Waals surface area contributed by atoms with Crippen LogP contribution in [0.5, 0.6) is 0 Å². The summed E-state index contributed by atoms with van der Waals surface area (Å²) >= 11 is 0. The fourth-order valence-electron chi connectivity index (χ4n) is 4.17. The molecule has 2 atom stereocenters. The molecule has 3 rings (SSSR count). The van der Waals surface area contributed by atoms with E-state index >= 15 is 0 Å². The van der Waals surface area contributed by atoms with Gasteiger partial charge in [0.25, 0.3) is 0 Å². The van der Waals surface area contributed by atoms with Crippen LogP contribution >= 0.6 is 24.0 Å². The molecule has 0 aromatic heterocycles. The Balaban J connectivity index is 0.00000320. The summed E-state index contributed by atoms with van der Waals surface area (Å²) in [7, 11) is 4.38. The van der Waals surface area contributed by atoms with E-state index in [9.17, 15) is 5.26 Å². The summed E-state index contributed by atoms with van der Waals surface area (Å²) in [6.07, 6.45) is 2.22. The first-order chi connectivity index (χ1) is 14.1. The predicted molar refractivity (Wildman–Crippen MR) is 135 cm³/mol. The maximum absolute atomic E-state index is 9.44. The number of rotatable bonds is 5. The molecular formula is C22H36IN7. The molecule has 8 heteroatoms. The van der Waals surface area contributed by atoms with E-state index in [0.29, 0.717) is 12.1 Å². The lowest BCUT2D eigenvalue weighted by atomic mass is 10.0. The fourth-order valence-corrected chi connectivity index (χ4v) is 4.17. The molecular weight excluding hydrogens is 489 g/mol. The van der Waals surface area contributed by atoms with Crippen molar-refractivity contribution in [3.8, 4) is 6.07 Å². The summed E-state index contributed by atoms with van der Waals surface area (Å²) in [6, 6.07) is 11.0. The van der Waals surface area contributed by atoms with Gasteiger partial charge in [-0.2, -0.15) is 5.26 Å². The zero-order chi connectivity index (χ0) is 20.6. The second-order valence-corrected chi connectivity index (χ2v) is 8.17. The zero-order valence-electron chi connectivity index (χ0n) is 18.5. The second kappa shape index (κ2) is 12.3. The number of nitrogens with one attached hydrogen (secondary N) is 2. The average molecular weight is 525 g/mol. The number of anilines is 1. The topological polar surface area (TPSA) is 69.9 Å². The standard InChI is InChI=1S/C22H35N7.HI/c1-4-24-22(25-15-20-17-27(2)12-13-28(20)3)26-19-9-7-11-29(16-19)21-10-6-5-8-18(21)14-23;/h5-6,8,10,19-20H,4,7,9,11-13,15-17H2,1-3H3,(H2,24,25,26);1H. The van der Waals surface area contributed by atoms with E-state index in [2.05, 4.69) is 58.5 Å². The van der Waals surface area contributed by atoms with Crippen LogP contribution in [0.1, 0.15) is 25.3 Å². The Hall–Kier alpha value is -1.57. The molecule has 0 aliphatic carbocycles. The number of para-hydroxylation sites is 1. The highest BCUT2D eigenvalue weighted by Crippen LogP contribution is 2.23. The number of likely N-dealkylation sites (N-methyl/N-ethyl adjacent to an activating group) is 2. The Labute approximate surface area is 198 Å². The number of benzene rings is 1. The summed E-state index contributed by atoms with van der Waals surface area (Å²) in [5.74, 6) is 0.898. The Morgan fingerprint density at radius 3 is 2.77 bits per heavy atom. The molecule has 30 heavy (non-hydrogen) atoms. The molecule has 166 valence electrons. The van der Waals surface area contributed by atoms with Crippen LogP contribution in [0.4, 0.5) is 5.69 Å². The first-order valence-corrected chi connectivity index (χ1v) is 10.8. The summed E-state index contributed by atoms with van der Waals surface area (Å²) in [5, 5.41) is 16.5. The zero-order valence-corrected chi connectivity index (χ0v) is 20.8. The molecule has 2 unspecified atom stereocenters. The van der Waals surface area contributed by atoms with Crippen molar-refractivity contribution >= 4 is 35.6 Å². The Bertz CT molecular complexity index is 732. The third-order valence-corrected chi connectivity index (χ3v) is 5.91. The highest BCUT2D eigenvalue weighted by molar-refractivity contribution is 14.0. The van der Waals surface area contributed by atoms with Gasteiger partial charge >= 0.3 is 0 Å². The van der Waals surface area contributed by atoms with Crippen LogP contribution in [0.2, 0.25) is 0 Å². The molecule has 0 amide bonds. The minimum atomic E-state index is 0. The van der Waals surface area contributed by atoms with E-state index in [1.54, 1.807) is 0 Å². The summed E-state index contributed by atoms with van der Waals surface area (Å²) < 4.78 is 0. The van der Waals surface area contributed by atoms with Crippen molar-refractivity contribution in [3.63, 3.8) is 0 Å². The Morgan fingerprint density at radius 1 is 1.20 bits per heavy atom. The largest absolute Gasteiger partial charge is 0.368 e. The molecule has 2 fully saturated rings. The number of aliphatic imine (C=N–C) groups is 1. The van der Waals surface area contributed by atoms with E-state index in [1.165, 1.54) is 0 Å². The molecule has 2 N–H and O–H groups in total. The van der Waals surface area contributed by atoms with Crippen LogP contribution in [0.25, 0.3) is 0 Å². The number of piperazine rings is 1. The van der Waals surface area contributed by atoms with Gasteiger partial charge < -0.3 is 20.4 Å². The lowest BCUT2D eigenvalue weighted by Gasteiger charge is -2.37. The number of nitrogens with zero attached hydrogens (tertiary/aromatic N) is 5. The van der Waals surface area contributed by atoms with Crippen molar-refractivity contribution in [2.45, 2.75) is 31.8 Å². The van der Waals surface area contributed by atoms with Crippen LogP contribution in [-0.4, -0.2) is 87.8 Å². The predicted octanol–water partition coefficient (Wildman–Crippen LogP) is 1.95. The van der Waals surface area contributed by atoms with Crippen molar-refractivity contribution in [1.29, 1.82) is 5.26 Å². The van der Waals surface area contributed by atoms with Crippen LogP contribution in [0, 0.1) is 11.3 Å². The molecule has 2 saturated heterocycles. The number of hydrogen-bond acceptors (Lipinski definition) is 5. The molecule has 1 aromatic rings. The van der Waals surface area contributed by atoms with Gasteiger partial charge in [0.2, 0.25) is 0 Å². The van der Waals surface area contributed by atoms with Crippen molar-refractivity contribution in [2.75, 3.05) is 64.8 Å². The van der Waals surface area contributed by atoms with Crippen LogP contribution in [-0.2, 0) is 0 Å². The molecule has 1 aromatic carbocycles. The monoisotopic (exact) mass is 525 g/mol. The fraction of sp³-hybridized carbons (Fsp3) is 0.636. The normalized spacial score (nSPS) is 23.4. The average Bonchev–Trinajstić information content (AvgIpc) is 2.74. The van der Waals surface area contributed by atoms with Gasteiger partial charge in [-0.05, 0) is 46.0 Å². The molecule has 2 heterocycles. The molecule has 2 aliphatic rings. The van der Waals surface area contributed by atoms with Crippen molar-refractivity contribution < 1.29 is 0 Å². The van der Waals surface area contributed by atoms with Gasteiger partial charge in [-0.1, -0.05) is 12.1 Å². The lowest BCUT2D eigenvalue weighted by Crippen LogP contribution is -2.53. The van der Waals surface area contributed by atoms with E-state index in [-0.39, 0.29) is 24.0 Å². The third-order valence-electron chi connectivity index (χ3n) is 5.91. The van der Waals surface area contributed by atoms with Gasteiger partial charge in [-0.3, -0.25) is 9.89 Å². The van der Waals surface area contributed by atoms with Crippen LogP contribution in [0.15, 0.2) is 29.3 Å². The quantitative estimate of drug-likeness (QED) is 0.348. The molecule has 2 aliphatic heterocycles. The lowest BCUT2D eigenvalue weighted by molar-refractivity contribution is 0.119. The van der Waals surface area contributed by atoms with Gasteiger partial charge in [0.05, 0.1) is 17.8 Å². The minimum Gasteiger partial charge on any atom is -0.368 e. The number of nitriles is 1. The van der Waals surface area contributed by atoms with Crippen molar-refractivity contribution in [3.05, 3.63) is 29.8 Å². The molecule has 0 saturated carbocycles. The van der Waals surface area contributed by atoms with Gasteiger partial charge in [0.15, 0.2) is 5.96 Å². The highest BCUT2D eigenvalue weighted by atomic mass is 127. The minimum absolute atomic E-state index is 0. The smallest absolute Gasteiger partial charge is 0.191 e. The van der Waals surface area contributed by atoms with Gasteiger partial charge in [-0.25, -0.2) is 0 Å². The number of halogens is 1. The number of hydrogen-bond donors (Lipinski definition) is 2. The second-order valence-electron chi connectivity index (χ2n) is 8.17. The SMILES string of the molecule is CCNC(=NCC1CN(C)CCN1C)NC1CCCN(c2ccccc2C#N)C1.I. The van der Waals surface area contributed by atoms with Gasteiger partial charge in [0.1, 0.15) is 6.07 Å². The Morgan fingerprint density at radius 2 is 2.00 bits per heavy atom. The van der Waals surface area contributed by atoms with Crippen molar-refractivity contribution in [2.24, 2.45) is 4.99 Å². The van der Waals surface area contributed by atoms with E-state index in [1.807, 2.05) is 18.2 Å². The maximum Gasteiger partial charge on any atom is 0.191 e. The first-order valence-electron chi connectivity index (χ1n) is 10.8. The van der Waals surface area contributed by atoms with E-state index in [4.69, 9.17) is 4.99 Å².